The van der Waals surface area contributed by atoms with Crippen LogP contribution in [0.2, 0.25) is 0 Å². The maximum atomic E-state index is 14.4. The first-order chi connectivity index (χ1) is 20.8. The Morgan fingerprint density at radius 2 is 1.52 bits per heavy atom. The van der Waals surface area contributed by atoms with Crippen molar-refractivity contribution in [2.45, 2.75) is 104 Å². The Morgan fingerprint density at radius 3 is 2.09 bits per heavy atom. The van der Waals surface area contributed by atoms with Crippen LogP contribution < -0.4 is 21.1 Å². The van der Waals surface area contributed by atoms with E-state index in [0.29, 0.717) is 23.4 Å². The summed E-state index contributed by atoms with van der Waals surface area (Å²) in [5, 5.41) is 5.59. The number of unbranched alkanes of at least 4 members (excludes halogenated alkanes) is 5. The lowest BCUT2D eigenvalue weighted by atomic mass is 9.99. The molecule has 0 spiro atoms. The molecule has 2 aromatic rings. The Kier molecular flexibility index (Phi) is 14.7. The van der Waals surface area contributed by atoms with Crippen LogP contribution in [0.25, 0.3) is 0 Å². The van der Waals surface area contributed by atoms with Crippen LogP contribution in [0.1, 0.15) is 96.2 Å². The molecule has 0 aromatic heterocycles. The number of nitrogens with zero attached hydrogens (tertiary/aromatic N) is 1. The van der Waals surface area contributed by atoms with E-state index in [2.05, 4.69) is 17.6 Å². The van der Waals surface area contributed by atoms with Gasteiger partial charge in [0.05, 0.1) is 7.11 Å². The molecule has 2 aromatic carbocycles. The number of hydrogen-bond acceptors (Lipinski definition) is 6. The van der Waals surface area contributed by atoms with Crippen LogP contribution in [0, 0.1) is 6.92 Å². The summed E-state index contributed by atoms with van der Waals surface area (Å²) in [5.74, 6) is -0.877. The number of hydrogen-bond donors (Lipinski definition) is 3. The van der Waals surface area contributed by atoms with Crippen molar-refractivity contribution in [3.8, 4) is 5.75 Å². The molecular formula is C34H50N4O6. The fraction of sp³-hybridized carbons (Fsp3) is 0.529. The van der Waals surface area contributed by atoms with Gasteiger partial charge in [0.1, 0.15) is 23.4 Å². The van der Waals surface area contributed by atoms with Gasteiger partial charge < -0.3 is 30.7 Å². The van der Waals surface area contributed by atoms with E-state index < -0.39 is 41.5 Å². The highest BCUT2D eigenvalue weighted by molar-refractivity contribution is 5.99. The molecule has 10 heteroatoms. The SMILES string of the molecule is CCCCCCCCN(C(=O)C(CCC(N)=O)NC(=O)OC(C)(C)C)C(C(=O)Nc1ccc(OC)cc1)c1ccc(C)cc1. The highest BCUT2D eigenvalue weighted by atomic mass is 16.6. The molecule has 0 bridgehead atoms. The van der Waals surface area contributed by atoms with Gasteiger partial charge in [-0.25, -0.2) is 4.79 Å². The van der Waals surface area contributed by atoms with Gasteiger partial charge in [-0.1, -0.05) is 68.9 Å². The quantitative estimate of drug-likeness (QED) is 0.187. The van der Waals surface area contributed by atoms with E-state index in [-0.39, 0.29) is 19.4 Å². The normalized spacial score (nSPS) is 12.5. The molecule has 0 fully saturated rings. The van der Waals surface area contributed by atoms with Crippen molar-refractivity contribution in [3.05, 3.63) is 59.7 Å². The van der Waals surface area contributed by atoms with Crippen molar-refractivity contribution in [3.63, 3.8) is 0 Å². The van der Waals surface area contributed by atoms with Gasteiger partial charge in [-0.05, 0) is 70.4 Å². The number of nitrogens with two attached hydrogens (primary N) is 1. The molecule has 0 saturated carbocycles. The minimum Gasteiger partial charge on any atom is -0.497 e. The van der Waals surface area contributed by atoms with E-state index in [9.17, 15) is 19.2 Å². The van der Waals surface area contributed by atoms with Gasteiger partial charge in [0.15, 0.2) is 0 Å². The van der Waals surface area contributed by atoms with E-state index in [1.54, 1.807) is 52.1 Å². The Balaban J connectivity index is 2.51. The summed E-state index contributed by atoms with van der Waals surface area (Å²) in [5.41, 5.74) is 6.78. The fourth-order valence-corrected chi connectivity index (χ4v) is 4.73. The predicted octanol–water partition coefficient (Wildman–Crippen LogP) is 6.03. The third kappa shape index (κ3) is 12.7. The third-order valence-corrected chi connectivity index (χ3v) is 7.01. The maximum Gasteiger partial charge on any atom is 0.408 e. The highest BCUT2D eigenvalue weighted by Gasteiger charge is 2.36. The van der Waals surface area contributed by atoms with Gasteiger partial charge in [-0.3, -0.25) is 14.4 Å². The van der Waals surface area contributed by atoms with Crippen molar-refractivity contribution in [1.29, 1.82) is 0 Å². The molecule has 2 rings (SSSR count). The van der Waals surface area contributed by atoms with Crippen LogP contribution in [-0.4, -0.2) is 54.0 Å². The van der Waals surface area contributed by atoms with Gasteiger partial charge in [-0.2, -0.15) is 0 Å². The molecule has 0 aliphatic rings. The van der Waals surface area contributed by atoms with Gasteiger partial charge in [-0.15, -0.1) is 0 Å². The number of carbonyl (C=O) groups is 4. The lowest BCUT2D eigenvalue weighted by molar-refractivity contribution is -0.141. The Labute approximate surface area is 262 Å². The Hall–Kier alpha value is -4.08. The number of amides is 4. The molecule has 44 heavy (non-hydrogen) atoms. The lowest BCUT2D eigenvalue weighted by Gasteiger charge is -2.34. The van der Waals surface area contributed by atoms with Crippen LogP contribution in [0.5, 0.6) is 5.75 Å². The number of benzene rings is 2. The molecule has 0 aliphatic heterocycles. The second kappa shape index (κ2) is 17.9. The molecule has 0 saturated heterocycles. The smallest absolute Gasteiger partial charge is 0.408 e. The first kappa shape index (κ1) is 36.1. The minimum absolute atomic E-state index is 0.0405. The summed E-state index contributed by atoms with van der Waals surface area (Å²) < 4.78 is 10.7. The number of methoxy groups -OCH3 is 1. The van der Waals surface area contributed by atoms with Gasteiger partial charge >= 0.3 is 6.09 Å². The topological polar surface area (TPSA) is 140 Å². The van der Waals surface area contributed by atoms with Crippen LogP contribution in [0.4, 0.5) is 10.5 Å². The maximum absolute atomic E-state index is 14.4. The van der Waals surface area contributed by atoms with E-state index in [1.807, 2.05) is 31.2 Å². The molecule has 4 amide bonds. The lowest BCUT2D eigenvalue weighted by Crippen LogP contribution is -2.52. The third-order valence-electron chi connectivity index (χ3n) is 7.01. The molecule has 4 N–H and O–H groups in total. The average molecular weight is 611 g/mol. The summed E-state index contributed by atoms with van der Waals surface area (Å²) in [6.07, 6.45) is 4.89. The molecule has 0 aliphatic carbocycles. The number of ether oxygens (including phenoxy) is 2. The summed E-state index contributed by atoms with van der Waals surface area (Å²) in [6.45, 7) is 9.51. The average Bonchev–Trinajstić information content (AvgIpc) is 2.96. The number of aryl methyl sites for hydroxylation is 1. The largest absolute Gasteiger partial charge is 0.497 e. The second-order valence-corrected chi connectivity index (χ2v) is 12.0. The predicted molar refractivity (Wildman–Crippen MR) is 172 cm³/mol. The van der Waals surface area contributed by atoms with Gasteiger partial charge in [0.25, 0.3) is 5.91 Å². The number of alkyl carbamates (subject to hydrolysis) is 1. The van der Waals surface area contributed by atoms with Crippen molar-refractivity contribution >= 4 is 29.5 Å². The van der Waals surface area contributed by atoms with Crippen molar-refractivity contribution < 1.29 is 28.7 Å². The van der Waals surface area contributed by atoms with E-state index >= 15 is 0 Å². The molecule has 2 atom stereocenters. The molecule has 0 heterocycles. The number of nitrogens with one attached hydrogen (secondary N) is 2. The van der Waals surface area contributed by atoms with Crippen molar-refractivity contribution in [2.75, 3.05) is 19.0 Å². The molecule has 10 nitrogen and oxygen atoms in total. The van der Waals surface area contributed by atoms with Crippen molar-refractivity contribution in [1.82, 2.24) is 10.2 Å². The Bertz CT molecular complexity index is 1210. The van der Waals surface area contributed by atoms with Gasteiger partial charge in [0, 0.05) is 18.7 Å². The molecule has 2 unspecified atom stereocenters. The van der Waals surface area contributed by atoms with Gasteiger partial charge in [0.2, 0.25) is 11.8 Å². The van der Waals surface area contributed by atoms with Crippen LogP contribution in [0.3, 0.4) is 0 Å². The zero-order valence-corrected chi connectivity index (χ0v) is 27.1. The van der Waals surface area contributed by atoms with Crippen LogP contribution in [-0.2, 0) is 19.1 Å². The minimum atomic E-state index is -1.14. The van der Waals surface area contributed by atoms with Crippen LogP contribution >= 0.6 is 0 Å². The number of rotatable bonds is 17. The first-order valence-corrected chi connectivity index (χ1v) is 15.4. The molecule has 242 valence electrons. The fourth-order valence-electron chi connectivity index (χ4n) is 4.73. The van der Waals surface area contributed by atoms with E-state index in [0.717, 1.165) is 37.7 Å². The number of anilines is 1. The second-order valence-electron chi connectivity index (χ2n) is 12.0. The van der Waals surface area contributed by atoms with Crippen LogP contribution in [0.15, 0.2) is 48.5 Å². The summed E-state index contributed by atoms with van der Waals surface area (Å²) in [7, 11) is 1.56. The molecule has 0 radical (unpaired) electrons. The van der Waals surface area contributed by atoms with E-state index in [4.69, 9.17) is 15.2 Å². The summed E-state index contributed by atoms with van der Waals surface area (Å²) >= 11 is 0. The zero-order chi connectivity index (χ0) is 32.7. The summed E-state index contributed by atoms with van der Waals surface area (Å²) in [4.78, 5) is 54.4. The Morgan fingerprint density at radius 1 is 0.909 bits per heavy atom. The van der Waals surface area contributed by atoms with Crippen molar-refractivity contribution in [2.24, 2.45) is 5.73 Å². The summed E-state index contributed by atoms with van der Waals surface area (Å²) in [6, 6.07) is 12.2. The zero-order valence-electron chi connectivity index (χ0n) is 27.1. The first-order valence-electron chi connectivity index (χ1n) is 15.4. The molecular weight excluding hydrogens is 560 g/mol. The number of primary amides is 1. The highest BCUT2D eigenvalue weighted by Crippen LogP contribution is 2.27. The van der Waals surface area contributed by atoms with E-state index in [1.165, 1.54) is 4.90 Å². The standard InChI is InChI=1S/C34H50N4O6/c1-7-8-9-10-11-12-23-38(32(41)28(21-22-29(35)39)37-33(42)44-34(3,4)5)30(25-15-13-24(2)14-16-25)31(40)36-26-17-19-27(43-6)20-18-26/h13-20,28,30H,7-12,21-23H2,1-6H3,(H2,35,39)(H,36,40)(H,37,42). The number of carbonyl (C=O) groups excluding carboxylic acids is 4. The monoisotopic (exact) mass is 610 g/mol.